The third-order valence-corrected chi connectivity index (χ3v) is 4.05. The largest absolute Gasteiger partial charge is 0.435 e. The van der Waals surface area contributed by atoms with Crippen molar-refractivity contribution in [2.75, 3.05) is 0 Å². The van der Waals surface area contributed by atoms with Crippen LogP contribution in [0.5, 0.6) is 5.75 Å². The lowest BCUT2D eigenvalue weighted by molar-refractivity contribution is -0.0498. The summed E-state index contributed by atoms with van der Waals surface area (Å²) in [6.07, 6.45) is 0.519. The van der Waals surface area contributed by atoms with Crippen molar-refractivity contribution in [3.05, 3.63) is 65.2 Å². The molecule has 1 atom stereocenters. The van der Waals surface area contributed by atoms with E-state index in [0.717, 1.165) is 12.8 Å². The van der Waals surface area contributed by atoms with E-state index in [2.05, 4.69) is 4.74 Å². The van der Waals surface area contributed by atoms with Crippen LogP contribution in [0.25, 0.3) is 0 Å². The Hall–Kier alpha value is -2.63. The van der Waals surface area contributed by atoms with E-state index in [9.17, 15) is 22.8 Å². The third-order valence-electron chi connectivity index (χ3n) is 4.05. The predicted molar refractivity (Wildman–Crippen MR) is 84.8 cm³/mol. The summed E-state index contributed by atoms with van der Waals surface area (Å²) >= 11 is 0. The molecule has 1 fully saturated rings. The summed E-state index contributed by atoms with van der Waals surface area (Å²) in [6, 6.07) is 10.9. The van der Waals surface area contributed by atoms with E-state index < -0.39 is 24.3 Å². The molecule has 2 aromatic carbocycles. The SMILES string of the molecule is O=C(C(=O)c1cccc([C@H](F)C2CC2)c1)c1ccc(OC(F)F)cc1. The highest BCUT2D eigenvalue weighted by Crippen LogP contribution is 2.43. The highest BCUT2D eigenvalue weighted by atomic mass is 19.3. The number of halogens is 3. The van der Waals surface area contributed by atoms with Crippen molar-refractivity contribution < 1.29 is 27.5 Å². The van der Waals surface area contributed by atoms with Gasteiger partial charge in [-0.05, 0) is 54.7 Å². The Balaban J connectivity index is 1.75. The minimum atomic E-state index is -2.97. The summed E-state index contributed by atoms with van der Waals surface area (Å²) in [4.78, 5) is 24.6. The Kier molecular flexibility index (Phi) is 4.88. The zero-order valence-electron chi connectivity index (χ0n) is 13.1. The fourth-order valence-electron chi connectivity index (χ4n) is 2.56. The summed E-state index contributed by atoms with van der Waals surface area (Å²) in [6.45, 7) is -2.97. The smallest absolute Gasteiger partial charge is 0.387 e. The number of ether oxygens (including phenoxy) is 1. The average molecular weight is 348 g/mol. The molecule has 6 heteroatoms. The molecule has 0 spiro atoms. The van der Waals surface area contributed by atoms with Crippen LogP contribution >= 0.6 is 0 Å². The van der Waals surface area contributed by atoms with Crippen molar-refractivity contribution >= 4 is 11.6 Å². The first-order valence-electron chi connectivity index (χ1n) is 7.83. The van der Waals surface area contributed by atoms with Gasteiger partial charge in [-0.15, -0.1) is 0 Å². The molecule has 0 bridgehead atoms. The number of ketones is 2. The molecule has 0 heterocycles. The van der Waals surface area contributed by atoms with Crippen LogP contribution in [-0.2, 0) is 0 Å². The lowest BCUT2D eigenvalue weighted by Gasteiger charge is -2.09. The van der Waals surface area contributed by atoms with Gasteiger partial charge in [-0.2, -0.15) is 8.78 Å². The molecule has 1 saturated carbocycles. The molecule has 2 aromatic rings. The summed E-state index contributed by atoms with van der Waals surface area (Å²) in [5, 5.41) is 0. The van der Waals surface area contributed by atoms with Crippen molar-refractivity contribution in [3.63, 3.8) is 0 Å². The molecule has 3 nitrogen and oxygen atoms in total. The van der Waals surface area contributed by atoms with Crippen molar-refractivity contribution in [3.8, 4) is 5.75 Å². The molecule has 0 N–H and O–H groups in total. The van der Waals surface area contributed by atoms with Crippen LogP contribution in [0, 0.1) is 5.92 Å². The minimum Gasteiger partial charge on any atom is -0.435 e. The first-order valence-corrected chi connectivity index (χ1v) is 7.83. The molecule has 0 aromatic heterocycles. The zero-order valence-corrected chi connectivity index (χ0v) is 13.1. The fourth-order valence-corrected chi connectivity index (χ4v) is 2.56. The summed E-state index contributed by atoms with van der Waals surface area (Å²) in [5.74, 6) is -1.68. The highest BCUT2D eigenvalue weighted by Gasteiger charge is 2.32. The molecule has 3 rings (SSSR count). The number of Topliss-reactive ketones (excluding diaryl/α,β-unsaturated/α-hetero) is 2. The Labute approximate surface area is 142 Å². The van der Waals surface area contributed by atoms with Gasteiger partial charge in [0.2, 0.25) is 11.6 Å². The van der Waals surface area contributed by atoms with Gasteiger partial charge in [-0.3, -0.25) is 9.59 Å². The number of alkyl halides is 3. The molecular formula is C19H15F3O3. The number of hydrogen-bond acceptors (Lipinski definition) is 3. The number of benzene rings is 2. The molecular weight excluding hydrogens is 333 g/mol. The maximum absolute atomic E-state index is 14.2. The predicted octanol–water partition coefficient (Wildman–Crippen LogP) is 4.77. The fraction of sp³-hybridized carbons (Fsp3) is 0.263. The summed E-state index contributed by atoms with van der Waals surface area (Å²) in [5.41, 5.74) is 0.552. The van der Waals surface area contributed by atoms with Crippen molar-refractivity contribution in [1.82, 2.24) is 0 Å². The standard InChI is InChI=1S/C19H15F3O3/c20-16(11-4-5-11)13-2-1-3-14(10-13)18(24)17(23)12-6-8-15(9-7-12)25-19(21)22/h1-3,6-11,16,19H,4-5H2/t16-/m1/s1. The van der Waals surface area contributed by atoms with Gasteiger partial charge >= 0.3 is 6.61 Å². The molecule has 0 saturated heterocycles. The molecule has 1 aliphatic carbocycles. The molecule has 0 unspecified atom stereocenters. The van der Waals surface area contributed by atoms with Gasteiger partial charge in [0.05, 0.1) is 0 Å². The minimum absolute atomic E-state index is 0.0107. The second kappa shape index (κ2) is 7.09. The van der Waals surface area contributed by atoms with Crippen LogP contribution in [0.1, 0.15) is 45.3 Å². The Bertz CT molecular complexity index is 783. The monoisotopic (exact) mass is 348 g/mol. The Morgan fingerprint density at radius 1 is 0.920 bits per heavy atom. The molecule has 0 radical (unpaired) electrons. The van der Waals surface area contributed by atoms with E-state index in [1.54, 1.807) is 12.1 Å². The quantitative estimate of drug-likeness (QED) is 0.534. The number of carbonyl (C=O) groups excluding carboxylic acids is 2. The van der Waals surface area contributed by atoms with Crippen molar-refractivity contribution in [1.29, 1.82) is 0 Å². The lowest BCUT2D eigenvalue weighted by atomic mass is 9.98. The van der Waals surface area contributed by atoms with Gasteiger partial charge in [0.25, 0.3) is 0 Å². The highest BCUT2D eigenvalue weighted by molar-refractivity contribution is 6.49. The maximum atomic E-state index is 14.2. The van der Waals surface area contributed by atoms with E-state index in [0.29, 0.717) is 5.56 Å². The normalized spacial score (nSPS) is 15.0. The van der Waals surface area contributed by atoms with E-state index in [1.807, 2.05) is 0 Å². The van der Waals surface area contributed by atoms with Crippen LogP contribution in [0.2, 0.25) is 0 Å². The third kappa shape index (κ3) is 4.07. The zero-order chi connectivity index (χ0) is 18.0. The topological polar surface area (TPSA) is 43.4 Å². The van der Waals surface area contributed by atoms with E-state index in [4.69, 9.17) is 0 Å². The first kappa shape index (κ1) is 17.2. The number of hydrogen-bond donors (Lipinski definition) is 0. The van der Waals surface area contributed by atoms with E-state index in [-0.39, 0.29) is 22.8 Å². The van der Waals surface area contributed by atoms with Crippen LogP contribution in [0.15, 0.2) is 48.5 Å². The van der Waals surface area contributed by atoms with Gasteiger partial charge in [0, 0.05) is 11.1 Å². The van der Waals surface area contributed by atoms with Gasteiger partial charge in [0.1, 0.15) is 11.9 Å². The van der Waals surface area contributed by atoms with Crippen molar-refractivity contribution in [2.24, 2.45) is 5.92 Å². The number of carbonyl (C=O) groups is 2. The van der Waals surface area contributed by atoms with E-state index >= 15 is 0 Å². The van der Waals surface area contributed by atoms with Gasteiger partial charge in [-0.1, -0.05) is 18.2 Å². The number of rotatable bonds is 7. The van der Waals surface area contributed by atoms with Crippen LogP contribution in [-0.4, -0.2) is 18.2 Å². The second-order valence-electron chi connectivity index (χ2n) is 5.93. The Morgan fingerprint density at radius 3 is 2.16 bits per heavy atom. The summed E-state index contributed by atoms with van der Waals surface area (Å²) < 4.78 is 42.6. The van der Waals surface area contributed by atoms with E-state index in [1.165, 1.54) is 36.4 Å². The summed E-state index contributed by atoms with van der Waals surface area (Å²) in [7, 11) is 0. The average Bonchev–Trinajstić information content (AvgIpc) is 3.45. The van der Waals surface area contributed by atoms with Gasteiger partial charge < -0.3 is 4.74 Å². The van der Waals surface area contributed by atoms with Crippen LogP contribution < -0.4 is 4.74 Å². The van der Waals surface area contributed by atoms with Crippen LogP contribution in [0.3, 0.4) is 0 Å². The Morgan fingerprint density at radius 2 is 1.56 bits per heavy atom. The molecule has 0 aliphatic heterocycles. The molecule has 0 amide bonds. The van der Waals surface area contributed by atoms with Gasteiger partial charge in [0.15, 0.2) is 0 Å². The molecule has 25 heavy (non-hydrogen) atoms. The van der Waals surface area contributed by atoms with Crippen LogP contribution in [0.4, 0.5) is 13.2 Å². The molecule has 1 aliphatic rings. The molecule has 130 valence electrons. The maximum Gasteiger partial charge on any atom is 0.387 e. The second-order valence-corrected chi connectivity index (χ2v) is 5.93. The lowest BCUT2D eigenvalue weighted by Crippen LogP contribution is -2.15. The van der Waals surface area contributed by atoms with Gasteiger partial charge in [-0.25, -0.2) is 4.39 Å². The first-order chi connectivity index (χ1) is 12.0. The van der Waals surface area contributed by atoms with Crippen molar-refractivity contribution in [2.45, 2.75) is 25.6 Å².